The van der Waals surface area contributed by atoms with E-state index in [-0.39, 0.29) is 239 Å². The van der Waals surface area contributed by atoms with Crippen molar-refractivity contribution < 1.29 is 97.0 Å². The van der Waals surface area contributed by atoms with Gasteiger partial charge in [0.05, 0.1) is 13.1 Å². The highest BCUT2D eigenvalue weighted by atomic mass is 16.5. The van der Waals surface area contributed by atoms with E-state index in [1.54, 1.807) is 0 Å². The smallest absolute Gasteiger partial charge is 0.326 e. The number of amides is 12. The number of carbonyl (C=O) groups excluding carboxylic acids is 12. The molecule has 0 fully saturated rings. The average molecular weight is 2070 g/mol. The van der Waals surface area contributed by atoms with Crippen molar-refractivity contribution in [2.24, 2.45) is 34.4 Å². The summed E-state index contributed by atoms with van der Waals surface area (Å²) in [5.41, 5.74) is 47.0. The second-order valence-corrected chi connectivity index (χ2v) is 40.3. The van der Waals surface area contributed by atoms with E-state index in [1.165, 1.54) is 0 Å². The third-order valence-corrected chi connectivity index (χ3v) is 23.6. The van der Waals surface area contributed by atoms with E-state index in [4.69, 9.17) is 76.3 Å². The minimum atomic E-state index is -1.40. The monoisotopic (exact) mass is 2070 g/mol. The highest BCUT2D eigenvalue weighted by molar-refractivity contribution is 5.96. The number of phenolic OH excluding ortho intramolecular Hbond substituents is 2. The van der Waals surface area contributed by atoms with Gasteiger partial charge in [0.25, 0.3) is 11.8 Å². The summed E-state index contributed by atoms with van der Waals surface area (Å²) in [4.78, 5) is 188. The second kappa shape index (κ2) is 59.0. The van der Waals surface area contributed by atoms with Gasteiger partial charge in [-0.15, -0.1) is 0 Å². The van der Waals surface area contributed by atoms with Gasteiger partial charge in [0.15, 0.2) is 49.0 Å². The van der Waals surface area contributed by atoms with Crippen LogP contribution in [-0.2, 0) is 114 Å². The molecule has 1 aliphatic rings. The SMILES string of the molecule is CC(C)(C)c1cc2c(O)c(c1)Cc1cc(C(C)(C)C)cc(c1OCC(=O)NNC(=O)CCCC(=O)N[C@@H](CCCNC(=N)N)C(=O)NCC(=O)N[C@@H](CCCNC(=N)N)C(=O)N[C@@H](CCCNC(=N)N)C(=O)O)Cc1cc(C(C)(C)C)cc(c1O)Cc1cc(C(C)(C)C)cc(c1OCC(=O)NNC(=O)CCCC(=O)N[C@@H](CCCNC(=N)N)C(=O)NCC(=O)N[C@@H](CCCNC(=N)N)C(=O)N[C@@H](CCCNC(=N)N)C(=O)O)C2. The molecule has 1 aliphatic carbocycles. The summed E-state index contributed by atoms with van der Waals surface area (Å²) in [6, 6.07) is 7.32. The van der Waals surface area contributed by atoms with Gasteiger partial charge in [-0.05, 0) is 178 Å². The summed E-state index contributed by atoms with van der Waals surface area (Å²) < 4.78 is 13.3. The number of rotatable bonds is 54. The maximum Gasteiger partial charge on any atom is 0.326 e. The van der Waals surface area contributed by atoms with E-state index in [0.29, 0.717) is 44.5 Å². The summed E-state index contributed by atoms with van der Waals surface area (Å²) in [7, 11) is 0. The number of aromatic hydroxyl groups is 2. The Morgan fingerprint density at radius 1 is 0.284 bits per heavy atom. The quantitative estimate of drug-likeness (QED) is 0.00985. The number of hydrogen-bond donors (Lipinski definition) is 34. The van der Waals surface area contributed by atoms with E-state index in [9.17, 15) is 87.5 Å². The molecule has 148 heavy (non-hydrogen) atoms. The topological polar surface area (TPSA) is 854 Å². The molecule has 40 N–H and O–H groups in total. The van der Waals surface area contributed by atoms with Crippen LogP contribution in [-0.4, -0.2) is 241 Å². The Bertz CT molecular complexity index is 4990. The van der Waals surface area contributed by atoms with Crippen molar-refractivity contribution in [3.63, 3.8) is 0 Å². The number of benzene rings is 4. The molecule has 0 saturated heterocycles. The fourth-order valence-corrected chi connectivity index (χ4v) is 15.5. The Morgan fingerprint density at radius 3 is 0.723 bits per heavy atom. The van der Waals surface area contributed by atoms with Crippen LogP contribution in [0.4, 0.5) is 0 Å². The highest BCUT2D eigenvalue weighted by Crippen LogP contribution is 2.44. The Morgan fingerprint density at radius 2 is 0.493 bits per heavy atom. The number of nitrogens with one attached hydrogen (secondary N) is 24. The number of carbonyl (C=O) groups is 14. The number of nitrogens with two attached hydrogens (primary N) is 6. The lowest BCUT2D eigenvalue weighted by atomic mass is 9.79. The number of hydrazine groups is 2. The number of guanidine groups is 6. The van der Waals surface area contributed by atoms with Gasteiger partial charge in [-0.2, -0.15) is 0 Å². The van der Waals surface area contributed by atoms with Crippen LogP contribution >= 0.6 is 0 Å². The predicted octanol–water partition coefficient (Wildman–Crippen LogP) is -0.753. The van der Waals surface area contributed by atoms with Crippen LogP contribution in [0.15, 0.2) is 48.5 Å². The highest BCUT2D eigenvalue weighted by Gasteiger charge is 2.35. The van der Waals surface area contributed by atoms with Crippen molar-refractivity contribution in [3.05, 3.63) is 115 Å². The van der Waals surface area contributed by atoms with Gasteiger partial charge >= 0.3 is 11.9 Å². The molecule has 8 bridgehead atoms. The van der Waals surface area contributed by atoms with Crippen LogP contribution in [0, 0.1) is 32.5 Å². The number of carboxylic acid groups (broad SMARTS) is 2. The molecule has 0 aromatic heterocycles. The molecule has 0 heterocycles. The number of ether oxygens (including phenoxy) is 2. The molecule has 0 unspecified atom stereocenters. The fourth-order valence-electron chi connectivity index (χ4n) is 15.5. The summed E-state index contributed by atoms with van der Waals surface area (Å²) >= 11 is 0. The van der Waals surface area contributed by atoms with E-state index in [2.05, 4.69) is 96.1 Å². The molecule has 12 amide bonds. The molecule has 4 aromatic carbocycles. The molecule has 50 nitrogen and oxygen atoms in total. The first-order valence-electron chi connectivity index (χ1n) is 49.0. The van der Waals surface area contributed by atoms with Crippen LogP contribution in [0.1, 0.15) is 265 Å². The lowest BCUT2D eigenvalue weighted by molar-refractivity contribution is -0.143. The van der Waals surface area contributed by atoms with Gasteiger partial charge in [-0.25, -0.2) is 9.59 Å². The average Bonchev–Trinajstić information content (AvgIpc) is 0.758. The molecular formula is C98H154N30O20. The van der Waals surface area contributed by atoms with Crippen molar-refractivity contribution in [2.75, 3.05) is 65.6 Å². The van der Waals surface area contributed by atoms with E-state index in [0.717, 1.165) is 22.3 Å². The Kier molecular flexibility index (Phi) is 49.0. The van der Waals surface area contributed by atoms with Gasteiger partial charge in [0.2, 0.25) is 59.1 Å². The number of carboxylic acids is 2. The molecule has 0 radical (unpaired) electrons. The molecule has 816 valence electrons. The Hall–Kier alpha value is -15.7. The van der Waals surface area contributed by atoms with E-state index in [1.807, 2.05) is 132 Å². The summed E-state index contributed by atoms with van der Waals surface area (Å²) in [5.74, 6) is -14.2. The molecular weight excluding hydrogens is 1920 g/mol. The molecule has 6 atom stereocenters. The summed E-state index contributed by atoms with van der Waals surface area (Å²) in [5, 5.41) is 126. The molecule has 4 aromatic rings. The van der Waals surface area contributed by atoms with Crippen LogP contribution in [0.25, 0.3) is 0 Å². The van der Waals surface area contributed by atoms with Gasteiger partial charge in [0.1, 0.15) is 59.2 Å². The first kappa shape index (κ1) is 123. The maximum atomic E-state index is 14.1. The molecule has 50 heteroatoms. The van der Waals surface area contributed by atoms with Crippen molar-refractivity contribution >= 4 is 119 Å². The number of phenols is 2. The minimum absolute atomic E-state index is 0.00336. The Balaban J connectivity index is 1.37. The zero-order valence-electron chi connectivity index (χ0n) is 86.5. The van der Waals surface area contributed by atoms with Crippen molar-refractivity contribution in [3.8, 4) is 23.0 Å². The Labute approximate surface area is 860 Å². The van der Waals surface area contributed by atoms with Crippen LogP contribution in [0.3, 0.4) is 0 Å². The first-order valence-corrected chi connectivity index (χ1v) is 49.0. The molecule has 0 spiro atoms. The van der Waals surface area contributed by atoms with Gasteiger partial charge in [-0.1, -0.05) is 132 Å². The zero-order valence-corrected chi connectivity index (χ0v) is 86.5. The minimum Gasteiger partial charge on any atom is -0.507 e. The van der Waals surface area contributed by atoms with Crippen molar-refractivity contribution in [1.82, 2.24) is 96.1 Å². The van der Waals surface area contributed by atoms with Crippen LogP contribution in [0.2, 0.25) is 0 Å². The third-order valence-electron chi connectivity index (χ3n) is 23.6. The predicted molar refractivity (Wildman–Crippen MR) is 554 cm³/mol. The van der Waals surface area contributed by atoms with Crippen LogP contribution < -0.4 is 140 Å². The molecule has 5 rings (SSSR count). The zero-order chi connectivity index (χ0) is 111. The van der Waals surface area contributed by atoms with Crippen molar-refractivity contribution in [2.45, 2.75) is 282 Å². The van der Waals surface area contributed by atoms with E-state index >= 15 is 0 Å². The summed E-state index contributed by atoms with van der Waals surface area (Å²) in [6.07, 6.45) is -0.776. The fraction of sp³-hybridized carbons (Fsp3) is 0.551. The lowest BCUT2D eigenvalue weighted by Gasteiger charge is -2.28. The van der Waals surface area contributed by atoms with Gasteiger partial charge in [0, 0.05) is 90.6 Å². The standard InChI is InChI=1S/C98H154N30O20/c1-95(2,3)61-41-53-37-57-45-63(97(7,8)9)47-59(81(57)147-51-77(135)127-125-73(131)29-13-27-71(129)119-65(21-15-31-111-89(99)100)83(139)117-49-75(133)121-67(23-17-33-113-91(103)104)85(141)123-69(87(143)144)25-19-35-115-93(107)108)39-55-43-62(96(4,5)6)44-56(80(55)138)40-60-48-64(98(10,11)12)46-58(38-54(42-61)79(53)137)82(60)148-52-78(136)128-126-74(132)30-14-28-72(130)120-66(22-16-32-112-90(101)102)84(140)118-50-76(134)122-68(24-18-34-114-92(105)106)86(142)124-70(88(145)146)26-20-36-116-94(109)110/h41-48,65-70,137-138H,13-40,49-52H2,1-12H3,(H,117,139)(H,118,140)(H,119,129)(H,120,130)(H,121,133)(H,122,134)(H,123,141)(H,124,142)(H,125,131)(H,126,132)(H,127,135)(H,128,136)(H,143,144)(H,145,146)(H4,99,100,111)(H4,101,102,112)(H4,103,104,113)(H4,105,106,114)(H4,107,108,115)(H4,109,110,116)/t65-,66-,67-,68-,69-,70-/m0/s1. The largest absolute Gasteiger partial charge is 0.507 e. The normalized spacial score (nSPS) is 12.9. The van der Waals surface area contributed by atoms with E-state index < -0.39 is 167 Å². The van der Waals surface area contributed by atoms with Crippen LogP contribution in [0.5, 0.6) is 23.0 Å². The number of fused-ring (bicyclic) bond motifs is 8. The number of aliphatic carboxylic acids is 2. The maximum absolute atomic E-state index is 14.1. The van der Waals surface area contributed by atoms with Gasteiger partial charge in [-0.3, -0.25) is 112 Å². The number of hydrogen-bond acceptors (Lipinski definition) is 24. The van der Waals surface area contributed by atoms with Crippen molar-refractivity contribution in [1.29, 1.82) is 32.5 Å². The first-order chi connectivity index (χ1) is 69.3. The molecule has 0 aliphatic heterocycles. The second-order valence-electron chi connectivity index (χ2n) is 40.3. The molecule has 0 saturated carbocycles. The van der Waals surface area contributed by atoms with Gasteiger partial charge < -0.3 is 139 Å². The lowest BCUT2D eigenvalue weighted by Crippen LogP contribution is -2.54. The third kappa shape index (κ3) is 44.9. The summed E-state index contributed by atoms with van der Waals surface area (Å²) in [6.45, 7) is 22.2.